The van der Waals surface area contributed by atoms with E-state index < -0.39 is 0 Å². The minimum Gasteiger partial charge on any atom is -0.336 e. The van der Waals surface area contributed by atoms with Crippen molar-refractivity contribution in [2.75, 3.05) is 33.7 Å². The molecule has 6 heteroatoms. The maximum atomic E-state index is 13.1. The van der Waals surface area contributed by atoms with Crippen molar-refractivity contribution in [2.24, 2.45) is 0 Å². The van der Waals surface area contributed by atoms with Crippen LogP contribution in [0.5, 0.6) is 0 Å². The summed E-state index contributed by atoms with van der Waals surface area (Å²) in [5.74, 6) is -0.330. The number of rotatable bonds is 7. The minimum atomic E-state index is -0.190. The normalized spacial score (nSPS) is 12.8. The van der Waals surface area contributed by atoms with Gasteiger partial charge in [0.05, 0.1) is 11.6 Å². The van der Waals surface area contributed by atoms with Crippen molar-refractivity contribution in [3.8, 4) is 6.07 Å². The number of amides is 2. The summed E-state index contributed by atoms with van der Waals surface area (Å²) in [6.45, 7) is 5.62. The average Bonchev–Trinajstić information content (AvgIpc) is 2.96. The van der Waals surface area contributed by atoms with Crippen molar-refractivity contribution in [3.05, 3.63) is 77.4 Å². The minimum absolute atomic E-state index is 0.0456. The highest BCUT2D eigenvalue weighted by Gasteiger charge is 2.33. The molecule has 0 radical (unpaired) electrons. The standard InChI is InChI=1S/C23H24N4O2/c1-17-20-6-4-5-7-21(20)23(29)27(17)16-22(28)26(13-12-25(2)3)15-19-10-8-18(14-24)9-11-19/h4-11H,1,12-13,15-16H2,2-3H3. The first-order valence-electron chi connectivity index (χ1n) is 9.42. The van der Waals surface area contributed by atoms with E-state index in [1.807, 2.05) is 49.3 Å². The summed E-state index contributed by atoms with van der Waals surface area (Å²) in [7, 11) is 3.90. The van der Waals surface area contributed by atoms with E-state index in [1.54, 1.807) is 23.1 Å². The molecule has 0 aliphatic carbocycles. The fourth-order valence-electron chi connectivity index (χ4n) is 3.25. The summed E-state index contributed by atoms with van der Waals surface area (Å²) in [5, 5.41) is 8.96. The Morgan fingerprint density at radius 2 is 1.72 bits per heavy atom. The molecule has 0 saturated carbocycles. The molecule has 1 aliphatic rings. The number of hydrogen-bond acceptors (Lipinski definition) is 4. The summed E-state index contributed by atoms with van der Waals surface area (Å²) < 4.78 is 0. The van der Waals surface area contributed by atoms with Gasteiger partial charge in [0, 0.05) is 36.5 Å². The van der Waals surface area contributed by atoms with E-state index in [9.17, 15) is 9.59 Å². The molecule has 148 valence electrons. The van der Waals surface area contributed by atoms with E-state index in [0.29, 0.717) is 36.5 Å². The third kappa shape index (κ3) is 4.53. The van der Waals surface area contributed by atoms with Crippen LogP contribution < -0.4 is 0 Å². The highest BCUT2D eigenvalue weighted by molar-refractivity contribution is 6.10. The Hall–Kier alpha value is -3.43. The fourth-order valence-corrected chi connectivity index (χ4v) is 3.25. The number of likely N-dealkylation sites (N-methyl/N-ethyl adjacent to an activating group) is 1. The second-order valence-electron chi connectivity index (χ2n) is 7.31. The first-order chi connectivity index (χ1) is 13.9. The number of nitrogens with zero attached hydrogens (tertiary/aromatic N) is 4. The zero-order valence-electron chi connectivity index (χ0n) is 16.8. The van der Waals surface area contributed by atoms with Gasteiger partial charge >= 0.3 is 0 Å². The van der Waals surface area contributed by atoms with Gasteiger partial charge in [0.25, 0.3) is 5.91 Å². The first-order valence-corrected chi connectivity index (χ1v) is 9.42. The molecule has 0 unspecified atom stereocenters. The number of carbonyl (C=O) groups excluding carboxylic acids is 2. The lowest BCUT2D eigenvalue weighted by molar-refractivity contribution is -0.132. The summed E-state index contributed by atoms with van der Waals surface area (Å²) in [6, 6.07) is 16.6. The van der Waals surface area contributed by atoms with Crippen LogP contribution in [0.15, 0.2) is 55.1 Å². The summed E-state index contributed by atoms with van der Waals surface area (Å²) in [6.07, 6.45) is 0. The molecule has 0 N–H and O–H groups in total. The van der Waals surface area contributed by atoms with Crippen molar-refractivity contribution in [1.82, 2.24) is 14.7 Å². The zero-order chi connectivity index (χ0) is 21.0. The number of fused-ring (bicyclic) bond motifs is 1. The third-order valence-electron chi connectivity index (χ3n) is 4.96. The van der Waals surface area contributed by atoms with Gasteiger partial charge in [-0.1, -0.05) is 36.9 Å². The number of benzene rings is 2. The quantitative estimate of drug-likeness (QED) is 0.731. The van der Waals surface area contributed by atoms with E-state index in [-0.39, 0.29) is 18.4 Å². The maximum Gasteiger partial charge on any atom is 0.259 e. The number of carbonyl (C=O) groups is 2. The maximum absolute atomic E-state index is 13.1. The summed E-state index contributed by atoms with van der Waals surface area (Å²) in [4.78, 5) is 31.0. The van der Waals surface area contributed by atoms with E-state index in [0.717, 1.165) is 11.1 Å². The van der Waals surface area contributed by atoms with Gasteiger partial charge in [0.1, 0.15) is 6.54 Å². The number of hydrogen-bond donors (Lipinski definition) is 0. The molecule has 2 amide bonds. The second-order valence-corrected chi connectivity index (χ2v) is 7.31. The molecule has 3 rings (SSSR count). The Morgan fingerprint density at radius 1 is 1.07 bits per heavy atom. The smallest absolute Gasteiger partial charge is 0.259 e. The monoisotopic (exact) mass is 388 g/mol. The van der Waals surface area contributed by atoms with Crippen LogP contribution in [-0.4, -0.2) is 60.2 Å². The fraction of sp³-hybridized carbons (Fsp3) is 0.261. The van der Waals surface area contributed by atoms with Crippen molar-refractivity contribution >= 4 is 17.5 Å². The van der Waals surface area contributed by atoms with Gasteiger partial charge in [-0.2, -0.15) is 5.26 Å². The molecule has 6 nitrogen and oxygen atoms in total. The molecule has 1 aliphatic heterocycles. The van der Waals surface area contributed by atoms with Crippen LogP contribution in [0.2, 0.25) is 0 Å². The highest BCUT2D eigenvalue weighted by Crippen LogP contribution is 2.30. The van der Waals surface area contributed by atoms with Gasteiger partial charge in [0.2, 0.25) is 5.91 Å². The molecule has 2 aromatic rings. The summed E-state index contributed by atoms with van der Waals surface area (Å²) in [5.41, 5.74) is 3.43. The highest BCUT2D eigenvalue weighted by atomic mass is 16.2. The second kappa shape index (κ2) is 8.72. The van der Waals surface area contributed by atoms with Crippen LogP contribution in [0.4, 0.5) is 0 Å². The average molecular weight is 388 g/mol. The summed E-state index contributed by atoms with van der Waals surface area (Å²) >= 11 is 0. The Balaban J connectivity index is 1.75. The van der Waals surface area contributed by atoms with Crippen LogP contribution in [0.3, 0.4) is 0 Å². The van der Waals surface area contributed by atoms with Gasteiger partial charge in [0.15, 0.2) is 0 Å². The van der Waals surface area contributed by atoms with Gasteiger partial charge in [-0.3, -0.25) is 14.5 Å². The lowest BCUT2D eigenvalue weighted by Crippen LogP contribution is -2.42. The molecular weight excluding hydrogens is 364 g/mol. The van der Waals surface area contributed by atoms with E-state index in [4.69, 9.17) is 5.26 Å². The van der Waals surface area contributed by atoms with Crippen molar-refractivity contribution in [1.29, 1.82) is 5.26 Å². The van der Waals surface area contributed by atoms with Crippen molar-refractivity contribution in [3.63, 3.8) is 0 Å². The molecular formula is C23H24N4O2. The van der Waals surface area contributed by atoms with Crippen LogP contribution >= 0.6 is 0 Å². The van der Waals surface area contributed by atoms with Crippen molar-refractivity contribution in [2.45, 2.75) is 6.54 Å². The van der Waals surface area contributed by atoms with Crippen molar-refractivity contribution < 1.29 is 9.59 Å². The van der Waals surface area contributed by atoms with Gasteiger partial charge in [-0.05, 0) is 37.9 Å². The topological polar surface area (TPSA) is 67.7 Å². The molecule has 0 saturated heterocycles. The van der Waals surface area contributed by atoms with Crippen LogP contribution in [0.25, 0.3) is 5.70 Å². The van der Waals surface area contributed by atoms with Gasteiger partial charge in [-0.25, -0.2) is 0 Å². The largest absolute Gasteiger partial charge is 0.336 e. The molecule has 29 heavy (non-hydrogen) atoms. The third-order valence-corrected chi connectivity index (χ3v) is 4.96. The van der Waals surface area contributed by atoms with E-state index >= 15 is 0 Å². The first kappa shape index (κ1) is 20.3. The van der Waals surface area contributed by atoms with Crippen LogP contribution in [-0.2, 0) is 11.3 Å². The van der Waals surface area contributed by atoms with Crippen LogP contribution in [0, 0.1) is 11.3 Å². The SMILES string of the molecule is C=C1c2ccccc2C(=O)N1CC(=O)N(CCN(C)C)Cc1ccc(C#N)cc1. The molecule has 0 spiro atoms. The molecule has 0 bridgehead atoms. The van der Waals surface area contributed by atoms with E-state index in [1.165, 1.54) is 4.90 Å². The Kier molecular flexibility index (Phi) is 6.10. The molecule has 0 fully saturated rings. The van der Waals surface area contributed by atoms with Crippen LogP contribution in [0.1, 0.15) is 27.0 Å². The Labute approximate surface area is 171 Å². The zero-order valence-corrected chi connectivity index (χ0v) is 16.8. The molecule has 1 heterocycles. The molecule has 2 aromatic carbocycles. The Morgan fingerprint density at radius 3 is 2.31 bits per heavy atom. The van der Waals surface area contributed by atoms with Gasteiger partial charge in [-0.15, -0.1) is 0 Å². The lowest BCUT2D eigenvalue weighted by Gasteiger charge is -2.27. The molecule has 0 aromatic heterocycles. The predicted octanol–water partition coefficient (Wildman–Crippen LogP) is 2.58. The lowest BCUT2D eigenvalue weighted by atomic mass is 10.1. The predicted molar refractivity (Wildman–Crippen MR) is 112 cm³/mol. The Bertz CT molecular complexity index is 938. The van der Waals surface area contributed by atoms with E-state index in [2.05, 4.69) is 12.6 Å². The van der Waals surface area contributed by atoms with Gasteiger partial charge < -0.3 is 9.80 Å². The molecule has 0 atom stereocenters. The number of nitriles is 1.